The summed E-state index contributed by atoms with van der Waals surface area (Å²) in [5.41, 5.74) is 0. The summed E-state index contributed by atoms with van der Waals surface area (Å²) in [7, 11) is 15.9. The number of ether oxygens (including phenoxy) is 2. The van der Waals surface area contributed by atoms with Crippen molar-refractivity contribution in [3.8, 4) is 0 Å². The zero-order chi connectivity index (χ0) is 11.5. The molecule has 0 aromatic heterocycles. The van der Waals surface area contributed by atoms with Gasteiger partial charge in [-0.3, -0.25) is 4.90 Å². The molecule has 0 aliphatic carbocycles. The van der Waals surface area contributed by atoms with E-state index < -0.39 is 5.30 Å². The van der Waals surface area contributed by atoms with Crippen LogP contribution in [0.3, 0.4) is 0 Å². The molecule has 1 fully saturated rings. The molecule has 0 aromatic carbocycles. The second-order valence-corrected chi connectivity index (χ2v) is 4.25. The molecule has 0 aromatic rings. The van der Waals surface area contributed by atoms with E-state index in [0.717, 1.165) is 13.1 Å². The minimum atomic E-state index is -1.57. The second kappa shape index (κ2) is 5.42. The molecule has 0 bridgehead atoms. The Morgan fingerprint density at radius 3 is 2.67 bits per heavy atom. The van der Waals surface area contributed by atoms with E-state index in [9.17, 15) is 0 Å². The summed E-state index contributed by atoms with van der Waals surface area (Å²) in [5.74, 6) is 0. The van der Waals surface area contributed by atoms with Crippen molar-refractivity contribution in [2.45, 2.75) is 31.3 Å². The van der Waals surface area contributed by atoms with Gasteiger partial charge in [0.15, 0.2) is 0 Å². The minimum Gasteiger partial charge on any atom is -0.400 e. The standard InChI is InChI=1S/C9H16B3NO2/c1-7(2)13-3-4-14-8(5-13)6-15-9(10,11)12/h7-8H,3-6H2,1-2H3. The van der Waals surface area contributed by atoms with Gasteiger partial charge in [-0.05, 0) is 19.1 Å². The third-order valence-corrected chi connectivity index (χ3v) is 2.42. The molecule has 0 saturated carbocycles. The van der Waals surface area contributed by atoms with Crippen LogP contribution in [-0.4, -0.2) is 72.2 Å². The maximum absolute atomic E-state index is 5.52. The maximum Gasteiger partial charge on any atom is 0.0934 e. The predicted molar refractivity (Wildman–Crippen MR) is 62.4 cm³/mol. The van der Waals surface area contributed by atoms with Crippen molar-refractivity contribution in [2.75, 3.05) is 26.3 Å². The first-order chi connectivity index (χ1) is 6.88. The molecule has 1 aliphatic rings. The van der Waals surface area contributed by atoms with Gasteiger partial charge in [-0.15, -0.1) is 0 Å². The quantitative estimate of drug-likeness (QED) is 0.559. The van der Waals surface area contributed by atoms with E-state index in [2.05, 4.69) is 18.7 Å². The first-order valence-electron chi connectivity index (χ1n) is 5.25. The lowest BCUT2D eigenvalue weighted by atomic mass is 9.52. The van der Waals surface area contributed by atoms with Crippen LogP contribution in [0.4, 0.5) is 0 Å². The predicted octanol–water partition coefficient (Wildman–Crippen LogP) is -0.771. The largest absolute Gasteiger partial charge is 0.400 e. The summed E-state index contributed by atoms with van der Waals surface area (Å²) in [6, 6.07) is 0.509. The zero-order valence-corrected chi connectivity index (χ0v) is 9.48. The Labute approximate surface area is 96.1 Å². The molecule has 1 heterocycles. The maximum atomic E-state index is 5.52. The fourth-order valence-electron chi connectivity index (χ4n) is 1.55. The Hall–Kier alpha value is 0.0748. The minimum absolute atomic E-state index is 0.00354. The van der Waals surface area contributed by atoms with Crippen LogP contribution < -0.4 is 0 Å². The molecule has 0 N–H and O–H groups in total. The highest BCUT2D eigenvalue weighted by Gasteiger charge is 2.23. The van der Waals surface area contributed by atoms with Crippen molar-refractivity contribution >= 4 is 23.5 Å². The van der Waals surface area contributed by atoms with Crippen molar-refractivity contribution in [3.63, 3.8) is 0 Å². The molecule has 15 heavy (non-hydrogen) atoms. The van der Waals surface area contributed by atoms with Crippen molar-refractivity contribution < 1.29 is 9.47 Å². The van der Waals surface area contributed by atoms with Crippen LogP contribution >= 0.6 is 0 Å². The van der Waals surface area contributed by atoms with Crippen molar-refractivity contribution in [1.82, 2.24) is 4.90 Å². The Kier molecular flexibility index (Phi) is 4.75. The highest BCUT2D eigenvalue weighted by atomic mass is 16.5. The van der Waals surface area contributed by atoms with E-state index in [1.807, 2.05) is 0 Å². The number of morpholine rings is 1. The van der Waals surface area contributed by atoms with Crippen LogP contribution in [0, 0.1) is 0 Å². The molecule has 78 valence electrons. The molecule has 1 unspecified atom stereocenters. The van der Waals surface area contributed by atoms with Gasteiger partial charge in [0.05, 0.1) is 42.9 Å². The van der Waals surface area contributed by atoms with Gasteiger partial charge in [0.1, 0.15) is 0 Å². The Balaban J connectivity index is 2.30. The fourth-order valence-corrected chi connectivity index (χ4v) is 1.55. The lowest BCUT2D eigenvalue weighted by Gasteiger charge is -2.36. The normalized spacial score (nSPS) is 24.6. The summed E-state index contributed by atoms with van der Waals surface area (Å²) in [6.07, 6.45) is -0.00354. The van der Waals surface area contributed by atoms with Gasteiger partial charge in [0, 0.05) is 19.1 Å². The lowest BCUT2D eigenvalue weighted by Crippen LogP contribution is -2.49. The SMILES string of the molecule is [B]C([B])([B])OCC1CN(C(C)C)CCO1. The first kappa shape index (κ1) is 13.1. The average Bonchev–Trinajstić information content (AvgIpc) is 2.14. The second-order valence-electron chi connectivity index (χ2n) is 4.25. The van der Waals surface area contributed by atoms with E-state index in [1.54, 1.807) is 0 Å². The van der Waals surface area contributed by atoms with Crippen LogP contribution in [0.2, 0.25) is 0 Å². The highest BCUT2D eigenvalue weighted by molar-refractivity contribution is 6.58. The van der Waals surface area contributed by atoms with E-state index in [0.29, 0.717) is 19.3 Å². The summed E-state index contributed by atoms with van der Waals surface area (Å²) in [6.45, 7) is 7.12. The van der Waals surface area contributed by atoms with Gasteiger partial charge >= 0.3 is 0 Å². The van der Waals surface area contributed by atoms with Gasteiger partial charge in [-0.25, -0.2) is 0 Å². The van der Waals surface area contributed by atoms with Gasteiger partial charge < -0.3 is 9.47 Å². The third kappa shape index (κ3) is 5.09. The Morgan fingerprint density at radius 1 is 1.47 bits per heavy atom. The number of hydrogen-bond donors (Lipinski definition) is 0. The molecular weight excluding hydrogens is 187 g/mol. The molecule has 1 atom stereocenters. The number of nitrogens with zero attached hydrogens (tertiary/aromatic N) is 1. The Bertz CT molecular complexity index is 196. The molecule has 1 rings (SSSR count). The number of rotatable bonds is 4. The Morgan fingerprint density at radius 2 is 2.13 bits per heavy atom. The van der Waals surface area contributed by atoms with Gasteiger partial charge in [-0.2, -0.15) is 0 Å². The average molecular weight is 203 g/mol. The topological polar surface area (TPSA) is 21.7 Å². The highest BCUT2D eigenvalue weighted by Crippen LogP contribution is 2.10. The molecule has 1 aliphatic heterocycles. The number of hydrogen-bond acceptors (Lipinski definition) is 3. The van der Waals surface area contributed by atoms with Crippen LogP contribution in [0.1, 0.15) is 13.8 Å². The molecular formula is C9H16B3NO2. The van der Waals surface area contributed by atoms with Crippen LogP contribution in [0.5, 0.6) is 0 Å². The summed E-state index contributed by atoms with van der Waals surface area (Å²) < 4.78 is 10.6. The first-order valence-corrected chi connectivity index (χ1v) is 5.25. The van der Waals surface area contributed by atoms with Crippen LogP contribution in [0.15, 0.2) is 0 Å². The van der Waals surface area contributed by atoms with Crippen LogP contribution in [-0.2, 0) is 9.47 Å². The summed E-state index contributed by atoms with van der Waals surface area (Å²) in [4.78, 5) is 2.32. The van der Waals surface area contributed by atoms with E-state index in [-0.39, 0.29) is 6.10 Å². The van der Waals surface area contributed by atoms with E-state index in [4.69, 9.17) is 33.0 Å². The molecule has 1 saturated heterocycles. The molecule has 6 radical (unpaired) electrons. The van der Waals surface area contributed by atoms with E-state index in [1.165, 1.54) is 0 Å². The molecule has 0 spiro atoms. The van der Waals surface area contributed by atoms with Crippen molar-refractivity contribution in [1.29, 1.82) is 0 Å². The van der Waals surface area contributed by atoms with Gasteiger partial charge in [-0.1, -0.05) is 0 Å². The molecule has 3 nitrogen and oxygen atoms in total. The molecule has 6 heteroatoms. The summed E-state index contributed by atoms with van der Waals surface area (Å²) in [5, 5.41) is -1.57. The van der Waals surface area contributed by atoms with Crippen molar-refractivity contribution in [2.24, 2.45) is 0 Å². The fraction of sp³-hybridized carbons (Fsp3) is 1.00. The van der Waals surface area contributed by atoms with E-state index >= 15 is 0 Å². The third-order valence-electron chi connectivity index (χ3n) is 2.42. The summed E-state index contributed by atoms with van der Waals surface area (Å²) >= 11 is 0. The van der Waals surface area contributed by atoms with Gasteiger partial charge in [0.25, 0.3) is 0 Å². The van der Waals surface area contributed by atoms with Gasteiger partial charge in [0.2, 0.25) is 0 Å². The smallest absolute Gasteiger partial charge is 0.0934 e. The van der Waals surface area contributed by atoms with Crippen molar-refractivity contribution in [3.05, 3.63) is 0 Å². The molecule has 0 amide bonds. The zero-order valence-electron chi connectivity index (χ0n) is 9.48. The lowest BCUT2D eigenvalue weighted by molar-refractivity contribution is -0.0776. The van der Waals surface area contributed by atoms with Crippen LogP contribution in [0.25, 0.3) is 0 Å². The monoisotopic (exact) mass is 203 g/mol.